The lowest BCUT2D eigenvalue weighted by atomic mass is 9.59. The number of rotatable bonds is 3. The van der Waals surface area contributed by atoms with E-state index in [0.717, 1.165) is 17.5 Å². The zero-order valence-corrected chi connectivity index (χ0v) is 12.6. The van der Waals surface area contributed by atoms with Crippen LogP contribution in [-0.4, -0.2) is 12.1 Å². The Bertz CT molecular complexity index is 413. The van der Waals surface area contributed by atoms with Crippen LogP contribution in [0.2, 0.25) is 5.02 Å². The van der Waals surface area contributed by atoms with Crippen molar-refractivity contribution in [2.24, 2.45) is 5.92 Å². The van der Waals surface area contributed by atoms with E-state index >= 15 is 0 Å². The molecule has 0 aliphatic heterocycles. The second kappa shape index (κ2) is 4.86. The Morgan fingerprint density at radius 1 is 1.28 bits per heavy atom. The lowest BCUT2D eigenvalue weighted by Crippen LogP contribution is -2.52. The summed E-state index contributed by atoms with van der Waals surface area (Å²) in [7, 11) is 0. The summed E-state index contributed by atoms with van der Waals surface area (Å²) in [5, 5.41) is 4.57. The fourth-order valence-corrected chi connectivity index (χ4v) is 3.40. The Morgan fingerprint density at radius 3 is 2.39 bits per heavy atom. The van der Waals surface area contributed by atoms with Gasteiger partial charge in [0.15, 0.2) is 0 Å². The quantitative estimate of drug-likeness (QED) is 0.854. The first kappa shape index (κ1) is 13.9. The minimum absolute atomic E-state index is 0.160. The van der Waals surface area contributed by atoms with E-state index < -0.39 is 0 Å². The van der Waals surface area contributed by atoms with Gasteiger partial charge in [-0.3, -0.25) is 0 Å². The van der Waals surface area contributed by atoms with Gasteiger partial charge in [-0.05, 0) is 51.2 Å². The van der Waals surface area contributed by atoms with E-state index in [0.29, 0.717) is 0 Å². The molecule has 2 heteroatoms. The van der Waals surface area contributed by atoms with E-state index in [9.17, 15) is 0 Å². The van der Waals surface area contributed by atoms with Crippen molar-refractivity contribution in [3.8, 4) is 0 Å². The monoisotopic (exact) mass is 265 g/mol. The number of nitrogens with one attached hydrogen (secondary N) is 1. The molecule has 18 heavy (non-hydrogen) atoms. The predicted molar refractivity (Wildman–Crippen MR) is 79.3 cm³/mol. The van der Waals surface area contributed by atoms with Gasteiger partial charge in [-0.2, -0.15) is 0 Å². The van der Waals surface area contributed by atoms with Crippen LogP contribution in [0.3, 0.4) is 0 Å². The summed E-state index contributed by atoms with van der Waals surface area (Å²) in [6, 6.07) is 8.32. The third kappa shape index (κ3) is 2.89. The average Bonchev–Trinajstić information content (AvgIpc) is 2.22. The highest BCUT2D eigenvalue weighted by Gasteiger charge is 2.44. The topological polar surface area (TPSA) is 12.0 Å². The van der Waals surface area contributed by atoms with Crippen LogP contribution in [0.25, 0.3) is 0 Å². The summed E-state index contributed by atoms with van der Waals surface area (Å²) < 4.78 is 0. The van der Waals surface area contributed by atoms with Crippen LogP contribution in [-0.2, 0) is 5.41 Å². The molecule has 0 heterocycles. The molecule has 2 rings (SSSR count). The second-order valence-corrected chi connectivity index (χ2v) is 7.28. The highest BCUT2D eigenvalue weighted by molar-refractivity contribution is 6.31. The molecule has 0 saturated heterocycles. The van der Waals surface area contributed by atoms with Gasteiger partial charge in [-0.1, -0.05) is 36.7 Å². The van der Waals surface area contributed by atoms with Gasteiger partial charge in [-0.15, -0.1) is 0 Å². The number of halogens is 1. The Balaban J connectivity index is 2.21. The first-order valence-electron chi connectivity index (χ1n) is 6.82. The Labute approximate surface area is 116 Å². The highest BCUT2D eigenvalue weighted by atomic mass is 35.5. The van der Waals surface area contributed by atoms with E-state index in [1.54, 1.807) is 0 Å². The van der Waals surface area contributed by atoms with Crippen molar-refractivity contribution in [3.05, 3.63) is 34.9 Å². The minimum Gasteiger partial charge on any atom is -0.311 e. The van der Waals surface area contributed by atoms with Crippen molar-refractivity contribution < 1.29 is 0 Å². The Kier molecular flexibility index (Phi) is 3.75. The van der Waals surface area contributed by atoms with Crippen LogP contribution < -0.4 is 5.32 Å². The van der Waals surface area contributed by atoms with E-state index in [4.69, 9.17) is 11.6 Å². The van der Waals surface area contributed by atoms with Crippen LogP contribution in [0.1, 0.15) is 46.1 Å². The van der Waals surface area contributed by atoms with Crippen molar-refractivity contribution in [3.63, 3.8) is 0 Å². The molecule has 0 unspecified atom stereocenters. The van der Waals surface area contributed by atoms with Gasteiger partial charge in [0.05, 0.1) is 0 Å². The maximum Gasteiger partial charge on any atom is 0.0444 e. The minimum atomic E-state index is 0.160. The summed E-state index contributed by atoms with van der Waals surface area (Å²) in [4.78, 5) is 0. The summed E-state index contributed by atoms with van der Waals surface area (Å²) >= 11 is 6.39. The molecule has 0 spiro atoms. The molecule has 0 atom stereocenters. The molecule has 1 saturated carbocycles. The van der Waals surface area contributed by atoms with Gasteiger partial charge in [-0.25, -0.2) is 0 Å². The maximum atomic E-state index is 6.39. The molecule has 1 nitrogen and oxygen atoms in total. The molecular formula is C16H24ClN. The third-order valence-corrected chi connectivity index (χ3v) is 4.21. The molecular weight excluding hydrogens is 242 g/mol. The van der Waals surface area contributed by atoms with E-state index in [-0.39, 0.29) is 11.0 Å². The fourth-order valence-electron chi connectivity index (χ4n) is 3.06. The predicted octanol–water partition coefficient (Wildman–Crippen LogP) is 4.40. The molecule has 0 bridgehead atoms. The molecule has 1 aromatic rings. The summed E-state index contributed by atoms with van der Waals surface area (Å²) in [6.07, 6.45) is 2.47. The van der Waals surface area contributed by atoms with Crippen molar-refractivity contribution in [1.29, 1.82) is 0 Å². The molecule has 1 aliphatic carbocycles. The van der Waals surface area contributed by atoms with E-state index in [1.807, 2.05) is 12.1 Å². The van der Waals surface area contributed by atoms with E-state index in [1.165, 1.54) is 18.4 Å². The molecule has 0 amide bonds. The van der Waals surface area contributed by atoms with Crippen molar-refractivity contribution in [2.45, 2.75) is 51.5 Å². The second-order valence-electron chi connectivity index (χ2n) is 6.88. The summed E-state index contributed by atoms with van der Waals surface area (Å²) in [5.41, 5.74) is 1.72. The molecule has 100 valence electrons. The third-order valence-electron chi connectivity index (χ3n) is 3.88. The van der Waals surface area contributed by atoms with Crippen LogP contribution in [0.15, 0.2) is 24.3 Å². The lowest BCUT2D eigenvalue weighted by Gasteiger charge is -2.49. The molecule has 1 aliphatic rings. The number of hydrogen-bond acceptors (Lipinski definition) is 1. The normalized spacial score (nSPS) is 27.9. The van der Waals surface area contributed by atoms with Crippen LogP contribution in [0.5, 0.6) is 0 Å². The summed E-state index contributed by atoms with van der Waals surface area (Å²) in [5.74, 6) is 0.808. The van der Waals surface area contributed by atoms with Crippen LogP contribution >= 0.6 is 11.6 Å². The average molecular weight is 266 g/mol. The fraction of sp³-hybridized carbons (Fsp3) is 0.625. The Morgan fingerprint density at radius 2 is 1.89 bits per heavy atom. The van der Waals surface area contributed by atoms with Crippen molar-refractivity contribution >= 4 is 11.6 Å². The zero-order valence-electron chi connectivity index (χ0n) is 11.9. The molecule has 1 fully saturated rings. The smallest absolute Gasteiger partial charge is 0.0444 e. The number of hydrogen-bond donors (Lipinski definition) is 1. The SMILES string of the molecule is CC1CC(CNC(C)(C)C)(c2ccccc2Cl)C1. The Hall–Kier alpha value is -0.530. The standard InChI is InChI=1S/C16H24ClN/c1-12-9-16(10-12,11-18-15(2,3)4)13-7-5-6-8-14(13)17/h5-8,12,18H,9-11H2,1-4H3. The van der Waals surface area contributed by atoms with Gasteiger partial charge in [0.25, 0.3) is 0 Å². The molecule has 1 N–H and O–H groups in total. The highest BCUT2D eigenvalue weighted by Crippen LogP contribution is 2.49. The van der Waals surface area contributed by atoms with Gasteiger partial charge in [0, 0.05) is 22.5 Å². The first-order valence-corrected chi connectivity index (χ1v) is 7.20. The van der Waals surface area contributed by atoms with Gasteiger partial charge in [0.1, 0.15) is 0 Å². The van der Waals surface area contributed by atoms with Crippen LogP contribution in [0, 0.1) is 5.92 Å². The van der Waals surface area contributed by atoms with Gasteiger partial charge < -0.3 is 5.32 Å². The summed E-state index contributed by atoms with van der Waals surface area (Å²) in [6.45, 7) is 10.00. The van der Waals surface area contributed by atoms with E-state index in [2.05, 4.69) is 45.1 Å². The molecule has 0 radical (unpaired) electrons. The zero-order chi connectivity index (χ0) is 13.4. The molecule has 1 aromatic carbocycles. The largest absolute Gasteiger partial charge is 0.311 e. The van der Waals surface area contributed by atoms with Crippen molar-refractivity contribution in [1.82, 2.24) is 5.32 Å². The number of benzene rings is 1. The van der Waals surface area contributed by atoms with Crippen molar-refractivity contribution in [2.75, 3.05) is 6.54 Å². The van der Waals surface area contributed by atoms with Gasteiger partial charge >= 0.3 is 0 Å². The lowest BCUT2D eigenvalue weighted by molar-refractivity contribution is 0.142. The van der Waals surface area contributed by atoms with Crippen LogP contribution in [0.4, 0.5) is 0 Å². The van der Waals surface area contributed by atoms with Gasteiger partial charge in [0.2, 0.25) is 0 Å². The first-order chi connectivity index (χ1) is 8.32. The molecule has 0 aromatic heterocycles. The maximum absolute atomic E-state index is 6.39.